The van der Waals surface area contributed by atoms with E-state index in [1.54, 1.807) is 0 Å². The predicted molar refractivity (Wildman–Crippen MR) is 75.9 cm³/mol. The first-order valence-corrected chi connectivity index (χ1v) is 6.73. The minimum absolute atomic E-state index is 0.104. The summed E-state index contributed by atoms with van der Waals surface area (Å²) in [4.78, 5) is 11.8. The van der Waals surface area contributed by atoms with E-state index in [2.05, 4.69) is 17.6 Å². The smallest absolute Gasteiger partial charge is 0.315 e. The molecule has 100 valence electrons. The molecule has 0 aliphatic carbocycles. The van der Waals surface area contributed by atoms with Gasteiger partial charge in [-0.05, 0) is 31.9 Å². The predicted octanol–water partition coefficient (Wildman–Crippen LogP) is 3.89. The zero-order chi connectivity index (χ0) is 13.5. The lowest BCUT2D eigenvalue weighted by Crippen LogP contribution is -2.41. The van der Waals surface area contributed by atoms with Crippen LogP contribution in [0.5, 0.6) is 0 Å². The monoisotopic (exact) mass is 268 g/mol. The minimum Gasteiger partial charge on any atom is -0.336 e. The molecular weight excluding hydrogens is 248 g/mol. The molecule has 3 nitrogen and oxygen atoms in total. The van der Waals surface area contributed by atoms with Crippen LogP contribution in [0.15, 0.2) is 24.3 Å². The number of benzene rings is 1. The maximum absolute atomic E-state index is 11.8. The van der Waals surface area contributed by atoms with E-state index in [1.807, 2.05) is 38.1 Å². The van der Waals surface area contributed by atoms with Crippen molar-refractivity contribution in [1.29, 1.82) is 0 Å². The Balaban J connectivity index is 2.52. The SMILES string of the molecule is CCC[C@@H](C)NC(=O)N[C@@H](C)c1ccccc1Cl. The average Bonchev–Trinajstić information content (AvgIpc) is 2.29. The largest absolute Gasteiger partial charge is 0.336 e. The van der Waals surface area contributed by atoms with Gasteiger partial charge in [-0.25, -0.2) is 4.79 Å². The molecular formula is C14H21ClN2O. The number of halogens is 1. The highest BCUT2D eigenvalue weighted by molar-refractivity contribution is 6.31. The van der Waals surface area contributed by atoms with Crippen molar-refractivity contribution < 1.29 is 4.79 Å². The van der Waals surface area contributed by atoms with E-state index in [0.29, 0.717) is 5.02 Å². The molecule has 0 unspecified atom stereocenters. The molecule has 2 atom stereocenters. The third-order valence-corrected chi connectivity index (χ3v) is 3.16. The Morgan fingerprint density at radius 1 is 1.28 bits per heavy atom. The van der Waals surface area contributed by atoms with Gasteiger partial charge in [0.1, 0.15) is 0 Å². The number of urea groups is 1. The van der Waals surface area contributed by atoms with Gasteiger partial charge in [-0.3, -0.25) is 0 Å². The van der Waals surface area contributed by atoms with Crippen LogP contribution in [0.2, 0.25) is 5.02 Å². The van der Waals surface area contributed by atoms with Crippen molar-refractivity contribution in [2.45, 2.75) is 45.7 Å². The third-order valence-electron chi connectivity index (χ3n) is 2.82. The minimum atomic E-state index is -0.150. The number of amides is 2. The fourth-order valence-electron chi connectivity index (χ4n) is 1.87. The summed E-state index contributed by atoms with van der Waals surface area (Å²) in [6, 6.07) is 7.47. The van der Waals surface area contributed by atoms with Crippen molar-refractivity contribution in [3.8, 4) is 0 Å². The lowest BCUT2D eigenvalue weighted by atomic mass is 10.1. The van der Waals surface area contributed by atoms with Gasteiger partial charge in [0.2, 0.25) is 0 Å². The van der Waals surface area contributed by atoms with Gasteiger partial charge in [0.15, 0.2) is 0 Å². The molecule has 0 bridgehead atoms. The van der Waals surface area contributed by atoms with Gasteiger partial charge < -0.3 is 10.6 Å². The van der Waals surface area contributed by atoms with Crippen LogP contribution in [0.4, 0.5) is 4.79 Å². The Bertz CT molecular complexity index is 395. The van der Waals surface area contributed by atoms with E-state index >= 15 is 0 Å². The zero-order valence-electron chi connectivity index (χ0n) is 11.2. The standard InChI is InChI=1S/C14H21ClN2O/c1-4-7-10(2)16-14(18)17-11(3)12-8-5-6-9-13(12)15/h5-6,8-11H,4,7H2,1-3H3,(H2,16,17,18)/t10-,11+/m1/s1. The van der Waals surface area contributed by atoms with Crippen molar-refractivity contribution in [3.63, 3.8) is 0 Å². The van der Waals surface area contributed by atoms with E-state index < -0.39 is 0 Å². The van der Waals surface area contributed by atoms with E-state index in [9.17, 15) is 4.79 Å². The number of nitrogens with one attached hydrogen (secondary N) is 2. The van der Waals surface area contributed by atoms with E-state index in [0.717, 1.165) is 18.4 Å². The highest BCUT2D eigenvalue weighted by Crippen LogP contribution is 2.21. The Kier molecular flexibility index (Phi) is 5.99. The van der Waals surface area contributed by atoms with Gasteiger partial charge in [-0.1, -0.05) is 43.1 Å². The summed E-state index contributed by atoms with van der Waals surface area (Å²) in [7, 11) is 0. The molecule has 0 saturated heterocycles. The van der Waals surface area contributed by atoms with Crippen molar-refractivity contribution in [2.75, 3.05) is 0 Å². The maximum Gasteiger partial charge on any atom is 0.315 e. The molecule has 0 aliphatic heterocycles. The van der Waals surface area contributed by atoms with Crippen LogP contribution in [0.1, 0.15) is 45.2 Å². The molecule has 0 spiro atoms. The van der Waals surface area contributed by atoms with Crippen LogP contribution in [0.25, 0.3) is 0 Å². The average molecular weight is 269 g/mol. The molecule has 0 saturated carbocycles. The first kappa shape index (κ1) is 14.8. The Labute approximate surface area is 114 Å². The fraction of sp³-hybridized carbons (Fsp3) is 0.500. The highest BCUT2D eigenvalue weighted by Gasteiger charge is 2.13. The summed E-state index contributed by atoms with van der Waals surface area (Å²) in [6.45, 7) is 6.02. The van der Waals surface area contributed by atoms with Gasteiger partial charge >= 0.3 is 6.03 Å². The van der Waals surface area contributed by atoms with Crippen LogP contribution in [0.3, 0.4) is 0 Å². The molecule has 1 rings (SSSR count). The number of hydrogen-bond donors (Lipinski definition) is 2. The number of carbonyl (C=O) groups excluding carboxylic acids is 1. The lowest BCUT2D eigenvalue weighted by Gasteiger charge is -2.18. The summed E-state index contributed by atoms with van der Waals surface area (Å²) >= 11 is 6.09. The molecule has 4 heteroatoms. The molecule has 1 aromatic rings. The van der Waals surface area contributed by atoms with Crippen molar-refractivity contribution in [2.24, 2.45) is 0 Å². The quantitative estimate of drug-likeness (QED) is 0.836. The molecule has 0 fully saturated rings. The highest BCUT2D eigenvalue weighted by atomic mass is 35.5. The third kappa shape index (κ3) is 4.57. The number of rotatable bonds is 5. The van der Waals surface area contributed by atoms with Crippen molar-refractivity contribution in [3.05, 3.63) is 34.9 Å². The summed E-state index contributed by atoms with van der Waals surface area (Å²) in [6.07, 6.45) is 2.04. The van der Waals surface area contributed by atoms with E-state index in [-0.39, 0.29) is 18.1 Å². The molecule has 0 aromatic heterocycles. The van der Waals surface area contributed by atoms with Crippen LogP contribution >= 0.6 is 11.6 Å². The van der Waals surface area contributed by atoms with Gasteiger partial charge in [0.05, 0.1) is 6.04 Å². The van der Waals surface area contributed by atoms with Gasteiger partial charge in [-0.2, -0.15) is 0 Å². The zero-order valence-corrected chi connectivity index (χ0v) is 11.9. The van der Waals surface area contributed by atoms with E-state index in [1.165, 1.54) is 0 Å². The Hall–Kier alpha value is -1.22. The fourth-order valence-corrected chi connectivity index (χ4v) is 2.17. The number of carbonyl (C=O) groups is 1. The first-order chi connectivity index (χ1) is 8.54. The second-order valence-corrected chi connectivity index (χ2v) is 4.96. The Morgan fingerprint density at radius 3 is 2.56 bits per heavy atom. The van der Waals surface area contributed by atoms with Crippen molar-refractivity contribution >= 4 is 17.6 Å². The van der Waals surface area contributed by atoms with Crippen LogP contribution in [-0.2, 0) is 0 Å². The van der Waals surface area contributed by atoms with E-state index in [4.69, 9.17) is 11.6 Å². The molecule has 0 aliphatic rings. The van der Waals surface area contributed by atoms with Crippen LogP contribution in [0, 0.1) is 0 Å². The van der Waals surface area contributed by atoms with Crippen LogP contribution in [-0.4, -0.2) is 12.1 Å². The first-order valence-electron chi connectivity index (χ1n) is 6.36. The second-order valence-electron chi connectivity index (χ2n) is 4.55. The molecule has 0 heterocycles. The topological polar surface area (TPSA) is 41.1 Å². The van der Waals surface area contributed by atoms with Crippen molar-refractivity contribution in [1.82, 2.24) is 10.6 Å². The van der Waals surface area contributed by atoms with Gasteiger partial charge in [0.25, 0.3) is 0 Å². The lowest BCUT2D eigenvalue weighted by molar-refractivity contribution is 0.234. The Morgan fingerprint density at radius 2 is 1.94 bits per heavy atom. The summed E-state index contributed by atoms with van der Waals surface area (Å²) in [5.74, 6) is 0. The molecule has 1 aromatic carbocycles. The molecule has 0 radical (unpaired) electrons. The normalized spacial score (nSPS) is 13.8. The number of hydrogen-bond acceptors (Lipinski definition) is 1. The second kappa shape index (κ2) is 7.27. The summed E-state index contributed by atoms with van der Waals surface area (Å²) in [5.41, 5.74) is 0.928. The van der Waals surface area contributed by atoms with Gasteiger partial charge in [0, 0.05) is 11.1 Å². The summed E-state index contributed by atoms with van der Waals surface area (Å²) < 4.78 is 0. The molecule has 2 amide bonds. The maximum atomic E-state index is 11.8. The van der Waals surface area contributed by atoms with Crippen LogP contribution < -0.4 is 10.6 Å². The van der Waals surface area contributed by atoms with Gasteiger partial charge in [-0.15, -0.1) is 0 Å². The molecule has 18 heavy (non-hydrogen) atoms. The summed E-state index contributed by atoms with van der Waals surface area (Å²) in [5, 5.41) is 6.47. The molecule has 2 N–H and O–H groups in total.